The molecule has 0 saturated heterocycles. The average molecular weight is 244 g/mol. The van der Waals surface area contributed by atoms with Crippen molar-refractivity contribution in [1.29, 1.82) is 5.26 Å². The highest BCUT2D eigenvalue weighted by atomic mass is 35.5. The van der Waals surface area contributed by atoms with E-state index in [9.17, 15) is 4.39 Å². The van der Waals surface area contributed by atoms with Gasteiger partial charge in [0, 0.05) is 12.2 Å². The van der Waals surface area contributed by atoms with Gasteiger partial charge in [0.15, 0.2) is 6.10 Å². The lowest BCUT2D eigenvalue weighted by atomic mass is 10.1. The Kier molecular flexibility index (Phi) is 5.20. The summed E-state index contributed by atoms with van der Waals surface area (Å²) in [5.41, 5.74) is 0.434. The summed E-state index contributed by atoms with van der Waals surface area (Å²) >= 11 is 5.80. The smallest absolute Gasteiger partial charge is 0.170 e. The van der Waals surface area contributed by atoms with Crippen LogP contribution in [-0.4, -0.2) is 18.3 Å². The Morgan fingerprint density at radius 1 is 1.56 bits per heavy atom. The number of hydrogen-bond donors (Lipinski definition) is 1. The highest BCUT2D eigenvalue weighted by molar-refractivity contribution is 6.31. The van der Waals surface area contributed by atoms with E-state index >= 15 is 0 Å². The summed E-state index contributed by atoms with van der Waals surface area (Å²) in [6, 6.07) is 5.71. The number of aliphatic hydroxyl groups excluding tert-OH is 1. The van der Waals surface area contributed by atoms with Gasteiger partial charge in [-0.05, 0) is 18.6 Å². The Labute approximate surface area is 98.0 Å². The van der Waals surface area contributed by atoms with Crippen molar-refractivity contribution in [3.63, 3.8) is 0 Å². The van der Waals surface area contributed by atoms with Gasteiger partial charge in [0.1, 0.15) is 5.82 Å². The molecule has 1 aromatic rings. The molecule has 1 atom stereocenters. The van der Waals surface area contributed by atoms with Crippen LogP contribution >= 0.6 is 11.6 Å². The van der Waals surface area contributed by atoms with Crippen LogP contribution in [0.15, 0.2) is 18.2 Å². The van der Waals surface area contributed by atoms with Gasteiger partial charge < -0.3 is 9.84 Å². The van der Waals surface area contributed by atoms with Gasteiger partial charge in [0.2, 0.25) is 0 Å². The SMILES string of the molecule is N#CC(OCCCO)c1ccc(F)cc1Cl. The lowest BCUT2D eigenvalue weighted by Crippen LogP contribution is -2.05. The number of nitrogens with zero attached hydrogens (tertiary/aromatic N) is 1. The second kappa shape index (κ2) is 6.44. The number of rotatable bonds is 5. The average Bonchev–Trinajstić information content (AvgIpc) is 2.26. The van der Waals surface area contributed by atoms with Crippen LogP contribution in [0, 0.1) is 17.1 Å². The van der Waals surface area contributed by atoms with Crippen LogP contribution < -0.4 is 0 Å². The lowest BCUT2D eigenvalue weighted by molar-refractivity contribution is 0.0774. The van der Waals surface area contributed by atoms with E-state index in [2.05, 4.69) is 0 Å². The normalized spacial score (nSPS) is 12.1. The molecule has 1 unspecified atom stereocenters. The fraction of sp³-hybridized carbons (Fsp3) is 0.364. The van der Waals surface area contributed by atoms with Gasteiger partial charge >= 0.3 is 0 Å². The maximum atomic E-state index is 12.8. The van der Waals surface area contributed by atoms with Crippen molar-refractivity contribution in [2.45, 2.75) is 12.5 Å². The Morgan fingerprint density at radius 3 is 2.88 bits per heavy atom. The van der Waals surface area contributed by atoms with Crippen molar-refractivity contribution in [3.05, 3.63) is 34.6 Å². The van der Waals surface area contributed by atoms with Gasteiger partial charge in [-0.1, -0.05) is 17.7 Å². The largest absolute Gasteiger partial charge is 0.396 e. The van der Waals surface area contributed by atoms with Crippen molar-refractivity contribution in [2.24, 2.45) is 0 Å². The summed E-state index contributed by atoms with van der Waals surface area (Å²) in [5, 5.41) is 17.6. The molecule has 0 bridgehead atoms. The van der Waals surface area contributed by atoms with Crippen LogP contribution in [0.1, 0.15) is 18.1 Å². The Balaban J connectivity index is 2.76. The zero-order chi connectivity index (χ0) is 12.0. The summed E-state index contributed by atoms with van der Waals surface area (Å²) in [5.74, 6) is -0.458. The lowest BCUT2D eigenvalue weighted by Gasteiger charge is -2.12. The first-order chi connectivity index (χ1) is 7.69. The van der Waals surface area contributed by atoms with E-state index in [-0.39, 0.29) is 18.2 Å². The molecule has 16 heavy (non-hydrogen) atoms. The van der Waals surface area contributed by atoms with Crippen LogP contribution in [0.2, 0.25) is 5.02 Å². The van der Waals surface area contributed by atoms with Crippen molar-refractivity contribution >= 4 is 11.6 Å². The molecule has 0 radical (unpaired) electrons. The van der Waals surface area contributed by atoms with Crippen molar-refractivity contribution in [2.75, 3.05) is 13.2 Å². The third-order valence-electron chi connectivity index (χ3n) is 1.95. The van der Waals surface area contributed by atoms with Crippen molar-refractivity contribution in [3.8, 4) is 6.07 Å². The monoisotopic (exact) mass is 243 g/mol. The number of nitriles is 1. The highest BCUT2D eigenvalue weighted by Gasteiger charge is 2.14. The van der Waals surface area contributed by atoms with Gasteiger partial charge in [-0.15, -0.1) is 0 Å². The highest BCUT2D eigenvalue weighted by Crippen LogP contribution is 2.26. The molecule has 0 aromatic heterocycles. The van der Waals surface area contributed by atoms with E-state index in [0.717, 1.165) is 6.07 Å². The molecule has 3 nitrogen and oxygen atoms in total. The molecule has 0 aliphatic carbocycles. The summed E-state index contributed by atoms with van der Waals surface area (Å²) in [7, 11) is 0. The van der Waals surface area contributed by atoms with E-state index in [1.54, 1.807) is 0 Å². The maximum absolute atomic E-state index is 12.8. The molecule has 1 rings (SSSR count). The maximum Gasteiger partial charge on any atom is 0.170 e. The van der Waals surface area contributed by atoms with E-state index < -0.39 is 11.9 Å². The second-order valence-corrected chi connectivity index (χ2v) is 3.53. The van der Waals surface area contributed by atoms with Gasteiger partial charge in [-0.25, -0.2) is 4.39 Å². The summed E-state index contributed by atoms with van der Waals surface area (Å²) < 4.78 is 18.0. The quantitative estimate of drug-likeness (QED) is 0.809. The van der Waals surface area contributed by atoms with E-state index in [1.807, 2.05) is 6.07 Å². The van der Waals surface area contributed by atoms with Crippen LogP contribution in [0.25, 0.3) is 0 Å². The fourth-order valence-corrected chi connectivity index (χ4v) is 1.44. The first-order valence-corrected chi connectivity index (χ1v) is 5.14. The van der Waals surface area contributed by atoms with Crippen molar-refractivity contribution < 1.29 is 14.2 Å². The molecule has 1 aromatic carbocycles. The van der Waals surface area contributed by atoms with E-state index in [0.29, 0.717) is 12.0 Å². The van der Waals surface area contributed by atoms with E-state index in [4.69, 9.17) is 26.7 Å². The van der Waals surface area contributed by atoms with Crippen LogP contribution in [0.4, 0.5) is 4.39 Å². The molecule has 86 valence electrons. The number of ether oxygens (including phenoxy) is 1. The third kappa shape index (κ3) is 3.46. The van der Waals surface area contributed by atoms with Gasteiger partial charge in [-0.3, -0.25) is 0 Å². The van der Waals surface area contributed by atoms with Crippen LogP contribution in [-0.2, 0) is 4.74 Å². The topological polar surface area (TPSA) is 53.2 Å². The zero-order valence-electron chi connectivity index (χ0n) is 8.49. The minimum absolute atomic E-state index is 0.00466. The number of hydrogen-bond acceptors (Lipinski definition) is 3. The molecule has 0 aliphatic rings. The molecule has 0 saturated carbocycles. The molecule has 1 N–H and O–H groups in total. The molecule has 0 fully saturated rings. The summed E-state index contributed by atoms with van der Waals surface area (Å²) in [6.45, 7) is 0.248. The molecule has 5 heteroatoms. The predicted octanol–water partition coefficient (Wildman–Crippen LogP) is 2.44. The standard InChI is InChI=1S/C11H11ClFNO2/c12-10-6-8(13)2-3-9(10)11(7-14)16-5-1-4-15/h2-3,6,11,15H,1,4-5H2. The molecular weight excluding hydrogens is 233 g/mol. The minimum Gasteiger partial charge on any atom is -0.396 e. The molecule has 0 amide bonds. The Hall–Kier alpha value is -1.15. The minimum atomic E-state index is -0.834. The Morgan fingerprint density at radius 2 is 2.31 bits per heavy atom. The molecule has 0 spiro atoms. The predicted molar refractivity (Wildman–Crippen MR) is 57.4 cm³/mol. The first-order valence-electron chi connectivity index (χ1n) is 4.76. The number of aliphatic hydroxyl groups is 1. The van der Waals surface area contributed by atoms with Gasteiger partial charge in [-0.2, -0.15) is 5.26 Å². The molecular formula is C11H11ClFNO2. The number of halogens is 2. The zero-order valence-corrected chi connectivity index (χ0v) is 9.25. The second-order valence-electron chi connectivity index (χ2n) is 3.12. The summed E-state index contributed by atoms with van der Waals surface area (Å²) in [6.07, 6.45) is -0.392. The molecule has 0 heterocycles. The number of benzene rings is 1. The van der Waals surface area contributed by atoms with Crippen LogP contribution in [0.5, 0.6) is 0 Å². The third-order valence-corrected chi connectivity index (χ3v) is 2.28. The Bertz CT molecular complexity index is 392. The molecule has 0 aliphatic heterocycles. The van der Waals surface area contributed by atoms with Crippen molar-refractivity contribution in [1.82, 2.24) is 0 Å². The van der Waals surface area contributed by atoms with E-state index in [1.165, 1.54) is 12.1 Å². The van der Waals surface area contributed by atoms with Gasteiger partial charge in [0.25, 0.3) is 0 Å². The fourth-order valence-electron chi connectivity index (χ4n) is 1.18. The van der Waals surface area contributed by atoms with Crippen LogP contribution in [0.3, 0.4) is 0 Å². The first kappa shape index (κ1) is 12.9. The summed E-state index contributed by atoms with van der Waals surface area (Å²) in [4.78, 5) is 0. The van der Waals surface area contributed by atoms with Gasteiger partial charge in [0.05, 0.1) is 17.7 Å².